The normalized spacial score (nSPS) is 22.4. The quantitative estimate of drug-likeness (QED) is 0.763. The molecule has 2 nitrogen and oxygen atoms in total. The van der Waals surface area contributed by atoms with Gasteiger partial charge >= 0.3 is 0 Å². The number of methoxy groups -OCH3 is 2. The van der Waals surface area contributed by atoms with Crippen molar-refractivity contribution in [3.63, 3.8) is 0 Å². The molecule has 18 heavy (non-hydrogen) atoms. The summed E-state index contributed by atoms with van der Waals surface area (Å²) in [4.78, 5) is 0.547. The first-order chi connectivity index (χ1) is 8.47. The summed E-state index contributed by atoms with van der Waals surface area (Å²) in [5.41, 5.74) is 1.79. The van der Waals surface area contributed by atoms with E-state index in [1.807, 2.05) is 6.07 Å². The molecule has 0 saturated heterocycles. The van der Waals surface area contributed by atoms with E-state index >= 15 is 0 Å². The average Bonchev–Trinajstić information content (AvgIpc) is 2.98. The van der Waals surface area contributed by atoms with Gasteiger partial charge in [0, 0.05) is 4.83 Å². The number of ether oxygens (including phenoxy) is 2. The van der Waals surface area contributed by atoms with E-state index in [4.69, 9.17) is 9.47 Å². The lowest BCUT2D eigenvalue weighted by molar-refractivity contribution is 0.354. The predicted octanol–water partition coefficient (Wildman–Crippen LogP) is 4.06. The summed E-state index contributed by atoms with van der Waals surface area (Å²) in [7, 11) is 3.34. The van der Waals surface area contributed by atoms with E-state index in [0.29, 0.717) is 10.2 Å². The molecule has 1 fully saturated rings. The second-order valence-corrected chi connectivity index (χ2v) is 6.88. The fourth-order valence-electron chi connectivity index (χ4n) is 2.50. The maximum atomic E-state index is 5.34. The number of rotatable bonds is 5. The summed E-state index contributed by atoms with van der Waals surface area (Å²) in [6.45, 7) is 4.67. The van der Waals surface area contributed by atoms with Gasteiger partial charge in [0.2, 0.25) is 0 Å². The van der Waals surface area contributed by atoms with Gasteiger partial charge in [-0.15, -0.1) is 0 Å². The monoisotopic (exact) mass is 312 g/mol. The lowest BCUT2D eigenvalue weighted by Gasteiger charge is -2.14. The van der Waals surface area contributed by atoms with E-state index in [1.54, 1.807) is 14.2 Å². The van der Waals surface area contributed by atoms with E-state index < -0.39 is 0 Å². The van der Waals surface area contributed by atoms with Crippen molar-refractivity contribution in [1.29, 1.82) is 0 Å². The predicted molar refractivity (Wildman–Crippen MR) is 77.9 cm³/mol. The molecule has 0 bridgehead atoms. The van der Waals surface area contributed by atoms with E-state index in [9.17, 15) is 0 Å². The van der Waals surface area contributed by atoms with Crippen LogP contribution in [0.5, 0.6) is 11.5 Å². The largest absolute Gasteiger partial charge is 0.493 e. The molecule has 1 saturated carbocycles. The smallest absolute Gasteiger partial charge is 0.160 e. The second kappa shape index (κ2) is 5.12. The van der Waals surface area contributed by atoms with Crippen molar-refractivity contribution in [3.05, 3.63) is 23.8 Å². The minimum Gasteiger partial charge on any atom is -0.493 e. The van der Waals surface area contributed by atoms with Gasteiger partial charge in [-0.2, -0.15) is 0 Å². The fourth-order valence-corrected chi connectivity index (χ4v) is 3.78. The average molecular weight is 313 g/mol. The van der Waals surface area contributed by atoms with Gasteiger partial charge in [0.25, 0.3) is 0 Å². The molecule has 0 heterocycles. The van der Waals surface area contributed by atoms with Gasteiger partial charge < -0.3 is 9.47 Å². The molecule has 1 aromatic rings. The number of hydrogen-bond donors (Lipinski definition) is 0. The van der Waals surface area contributed by atoms with Crippen molar-refractivity contribution in [1.82, 2.24) is 0 Å². The van der Waals surface area contributed by atoms with Crippen LogP contribution in [0.2, 0.25) is 0 Å². The highest BCUT2D eigenvalue weighted by atomic mass is 79.9. The van der Waals surface area contributed by atoms with Gasteiger partial charge in [-0.05, 0) is 41.9 Å². The number of hydrogen-bond acceptors (Lipinski definition) is 2. The Morgan fingerprint density at radius 1 is 1.28 bits per heavy atom. The number of alkyl halides is 1. The van der Waals surface area contributed by atoms with Gasteiger partial charge in [-0.3, -0.25) is 0 Å². The summed E-state index contributed by atoms with van der Waals surface area (Å²) >= 11 is 3.83. The fraction of sp³-hybridized carbons (Fsp3) is 0.600. The Morgan fingerprint density at radius 3 is 2.39 bits per heavy atom. The van der Waals surface area contributed by atoms with Crippen LogP contribution in [0.3, 0.4) is 0 Å². The highest BCUT2D eigenvalue weighted by molar-refractivity contribution is 9.09. The van der Waals surface area contributed by atoms with Crippen LogP contribution in [0.4, 0.5) is 0 Å². The van der Waals surface area contributed by atoms with Gasteiger partial charge in [0.05, 0.1) is 14.2 Å². The molecule has 2 rings (SSSR count). The molecule has 0 aliphatic heterocycles. The van der Waals surface area contributed by atoms with Crippen molar-refractivity contribution in [3.8, 4) is 11.5 Å². The molecule has 3 heteroatoms. The van der Waals surface area contributed by atoms with Crippen LogP contribution in [-0.2, 0) is 6.42 Å². The van der Waals surface area contributed by atoms with E-state index in [0.717, 1.165) is 23.8 Å². The summed E-state index contributed by atoms with van der Waals surface area (Å²) in [5, 5.41) is 0. The Balaban J connectivity index is 2.06. The highest BCUT2D eigenvalue weighted by Crippen LogP contribution is 2.56. The van der Waals surface area contributed by atoms with Crippen LogP contribution in [0.15, 0.2) is 18.2 Å². The Bertz CT molecular complexity index is 429. The van der Waals surface area contributed by atoms with E-state index in [-0.39, 0.29) is 0 Å². The van der Waals surface area contributed by atoms with Crippen LogP contribution in [0.25, 0.3) is 0 Å². The molecule has 0 spiro atoms. The lowest BCUT2D eigenvalue weighted by Crippen LogP contribution is -2.09. The number of halogens is 1. The van der Waals surface area contributed by atoms with Crippen molar-refractivity contribution in [2.45, 2.75) is 31.5 Å². The first kappa shape index (κ1) is 13.7. The second-order valence-electron chi connectivity index (χ2n) is 5.71. The maximum Gasteiger partial charge on any atom is 0.160 e. The van der Waals surface area contributed by atoms with Gasteiger partial charge in [0.1, 0.15) is 0 Å². The zero-order chi connectivity index (χ0) is 13.3. The minimum atomic E-state index is 0.505. The van der Waals surface area contributed by atoms with Crippen LogP contribution < -0.4 is 9.47 Å². The zero-order valence-electron chi connectivity index (χ0n) is 11.5. The Labute approximate surface area is 118 Å². The SMILES string of the molecule is COc1ccc(CC(Br)C2CC2(C)C)cc1OC. The molecule has 100 valence electrons. The molecule has 0 amide bonds. The zero-order valence-corrected chi connectivity index (χ0v) is 13.1. The van der Waals surface area contributed by atoms with Crippen molar-refractivity contribution < 1.29 is 9.47 Å². The summed E-state index contributed by atoms with van der Waals surface area (Å²) in [6.07, 6.45) is 2.35. The molecule has 2 atom stereocenters. The molecule has 1 aliphatic carbocycles. The summed E-state index contributed by atoms with van der Waals surface area (Å²) in [5.74, 6) is 2.38. The first-order valence-electron chi connectivity index (χ1n) is 6.33. The number of benzene rings is 1. The third-order valence-electron chi connectivity index (χ3n) is 3.90. The third-order valence-corrected chi connectivity index (χ3v) is 4.87. The highest BCUT2D eigenvalue weighted by Gasteiger charge is 2.49. The molecule has 1 aliphatic rings. The van der Waals surface area contributed by atoms with Crippen LogP contribution in [0, 0.1) is 11.3 Å². The van der Waals surface area contributed by atoms with E-state index in [1.165, 1.54) is 12.0 Å². The maximum absolute atomic E-state index is 5.34. The Kier molecular flexibility index (Phi) is 3.90. The molecule has 0 aromatic heterocycles. The molecule has 0 N–H and O–H groups in total. The molecule has 2 unspecified atom stereocenters. The Hall–Kier alpha value is -0.700. The van der Waals surface area contributed by atoms with Gasteiger partial charge in [-0.25, -0.2) is 0 Å². The lowest BCUT2D eigenvalue weighted by atomic mass is 10.0. The summed E-state index contributed by atoms with van der Waals surface area (Å²) < 4.78 is 10.6. The van der Waals surface area contributed by atoms with Crippen LogP contribution in [-0.4, -0.2) is 19.0 Å². The van der Waals surface area contributed by atoms with Crippen molar-refractivity contribution in [2.75, 3.05) is 14.2 Å². The Morgan fingerprint density at radius 2 is 1.89 bits per heavy atom. The standard InChI is InChI=1S/C15H21BrO2/c1-15(2)9-11(15)12(16)7-10-5-6-13(17-3)14(8-10)18-4/h5-6,8,11-12H,7,9H2,1-4H3. The topological polar surface area (TPSA) is 18.5 Å². The third kappa shape index (κ3) is 2.82. The van der Waals surface area contributed by atoms with Gasteiger partial charge in [-0.1, -0.05) is 35.8 Å². The van der Waals surface area contributed by atoms with Crippen LogP contribution in [0.1, 0.15) is 25.8 Å². The summed E-state index contributed by atoms with van der Waals surface area (Å²) in [6, 6.07) is 6.17. The minimum absolute atomic E-state index is 0.505. The molecular formula is C15H21BrO2. The van der Waals surface area contributed by atoms with Crippen molar-refractivity contribution in [2.24, 2.45) is 11.3 Å². The van der Waals surface area contributed by atoms with E-state index in [2.05, 4.69) is 41.9 Å². The molecule has 1 aromatic carbocycles. The molecular weight excluding hydrogens is 292 g/mol. The first-order valence-corrected chi connectivity index (χ1v) is 7.24. The van der Waals surface area contributed by atoms with Gasteiger partial charge in [0.15, 0.2) is 11.5 Å². The molecule has 0 radical (unpaired) electrons. The van der Waals surface area contributed by atoms with Crippen molar-refractivity contribution >= 4 is 15.9 Å². The van der Waals surface area contributed by atoms with Crippen LogP contribution >= 0.6 is 15.9 Å².